The zero-order valence-corrected chi connectivity index (χ0v) is 18.7. The third-order valence-corrected chi connectivity index (χ3v) is 9.50. The summed E-state index contributed by atoms with van der Waals surface area (Å²) >= 11 is 0. The maximum atomic E-state index is 13.9. The molecule has 0 saturated heterocycles. The minimum absolute atomic E-state index is 0.142. The fraction of sp³-hybridized carbons (Fsp3) is 0.625. The van der Waals surface area contributed by atoms with Gasteiger partial charge in [0, 0.05) is 9.52 Å². The van der Waals surface area contributed by atoms with Crippen molar-refractivity contribution in [3.05, 3.63) is 47.0 Å². The first-order valence-corrected chi connectivity index (χ1v) is 13.3. The van der Waals surface area contributed by atoms with E-state index in [1.807, 2.05) is 0 Å². The fourth-order valence-corrected chi connectivity index (χ4v) is 6.44. The van der Waals surface area contributed by atoms with Gasteiger partial charge < -0.3 is 0 Å². The van der Waals surface area contributed by atoms with Crippen molar-refractivity contribution in [1.29, 1.82) is 5.26 Å². The molecular formula is C24H33F2NSi. The topological polar surface area (TPSA) is 23.8 Å². The second-order valence-electron chi connectivity index (χ2n) is 9.01. The first kappa shape index (κ1) is 21.2. The molecule has 2 fully saturated rings. The van der Waals surface area contributed by atoms with E-state index in [-0.39, 0.29) is 15.4 Å². The maximum Gasteiger partial charge on any atom is 0.144 e. The molecule has 1 aromatic rings. The Balaban J connectivity index is 1.58. The summed E-state index contributed by atoms with van der Waals surface area (Å²) in [6.45, 7) is 4.78. The highest BCUT2D eigenvalue weighted by Crippen LogP contribution is 2.45. The molecule has 0 spiro atoms. The van der Waals surface area contributed by atoms with Gasteiger partial charge in [-0.3, -0.25) is 0 Å². The molecule has 0 amide bonds. The lowest BCUT2D eigenvalue weighted by molar-refractivity contribution is 0.245. The van der Waals surface area contributed by atoms with Gasteiger partial charge in [-0.15, -0.1) is 0 Å². The van der Waals surface area contributed by atoms with E-state index in [0.29, 0.717) is 16.9 Å². The van der Waals surface area contributed by atoms with Crippen LogP contribution in [0.5, 0.6) is 0 Å². The van der Waals surface area contributed by atoms with Crippen LogP contribution in [-0.2, 0) is 0 Å². The summed E-state index contributed by atoms with van der Waals surface area (Å²) in [5, 5.41) is 8.84. The molecule has 2 saturated carbocycles. The molecule has 1 aromatic carbocycles. The molecule has 28 heavy (non-hydrogen) atoms. The van der Waals surface area contributed by atoms with E-state index in [9.17, 15) is 8.78 Å². The van der Waals surface area contributed by atoms with Crippen LogP contribution in [0.4, 0.5) is 8.78 Å². The van der Waals surface area contributed by atoms with Gasteiger partial charge in [-0.05, 0) is 79.9 Å². The molecule has 1 nitrogen and oxygen atoms in total. The van der Waals surface area contributed by atoms with Gasteiger partial charge >= 0.3 is 0 Å². The summed E-state index contributed by atoms with van der Waals surface area (Å²) in [4.78, 5) is 0. The number of allylic oxidation sites excluding steroid dienone is 2. The maximum absolute atomic E-state index is 13.9. The van der Waals surface area contributed by atoms with Crippen LogP contribution in [0.2, 0.25) is 12.1 Å². The largest absolute Gasteiger partial charge is 0.205 e. The molecule has 0 heterocycles. The van der Waals surface area contributed by atoms with Crippen molar-refractivity contribution in [2.24, 2.45) is 11.3 Å². The van der Waals surface area contributed by atoms with E-state index in [1.165, 1.54) is 44.2 Å². The van der Waals surface area contributed by atoms with Crippen LogP contribution in [0.15, 0.2) is 24.3 Å². The van der Waals surface area contributed by atoms with Crippen molar-refractivity contribution in [3.8, 4) is 6.07 Å². The Morgan fingerprint density at radius 1 is 1.11 bits per heavy atom. The van der Waals surface area contributed by atoms with E-state index in [1.54, 1.807) is 6.07 Å². The highest BCUT2D eigenvalue weighted by atomic mass is 28.2. The average Bonchev–Trinajstić information content (AvgIpc) is 2.73. The third-order valence-electron chi connectivity index (χ3n) is 7.52. The van der Waals surface area contributed by atoms with Crippen LogP contribution in [0.25, 0.3) is 0 Å². The standard InChI is InChI=1S/C24H33F2NSi/c1-3-24(12-9-20(28-2)10-13-24)11-8-17-4-6-18(7-5-17)19-14-22(25)21(16-27)23(26)15-19/h8,11,14-15,17-18,20H,3-7,9-10,12-13,28H2,1-2H3/t17?,18?,20-,24-. The van der Waals surface area contributed by atoms with Crippen molar-refractivity contribution in [1.82, 2.24) is 0 Å². The van der Waals surface area contributed by atoms with Crippen LogP contribution in [-0.4, -0.2) is 9.52 Å². The summed E-state index contributed by atoms with van der Waals surface area (Å²) in [7, 11) is 0.142. The number of hydrogen-bond donors (Lipinski definition) is 0. The number of nitriles is 1. The van der Waals surface area contributed by atoms with Crippen LogP contribution in [0.1, 0.15) is 81.8 Å². The van der Waals surface area contributed by atoms with Crippen LogP contribution in [0.3, 0.4) is 0 Å². The number of hydrogen-bond acceptors (Lipinski definition) is 1. The van der Waals surface area contributed by atoms with Gasteiger partial charge in [-0.2, -0.15) is 5.26 Å². The Labute approximate surface area is 171 Å². The normalized spacial score (nSPS) is 31.5. The molecular weight excluding hydrogens is 368 g/mol. The molecule has 0 bridgehead atoms. The van der Waals surface area contributed by atoms with Crippen LogP contribution < -0.4 is 0 Å². The third kappa shape index (κ3) is 4.74. The molecule has 0 aromatic heterocycles. The van der Waals surface area contributed by atoms with Crippen LogP contribution >= 0.6 is 0 Å². The monoisotopic (exact) mass is 401 g/mol. The van der Waals surface area contributed by atoms with E-state index in [0.717, 1.165) is 31.2 Å². The van der Waals surface area contributed by atoms with Gasteiger partial charge in [0.15, 0.2) is 0 Å². The van der Waals surface area contributed by atoms with Gasteiger partial charge in [0.2, 0.25) is 0 Å². The van der Waals surface area contributed by atoms with Crippen molar-refractivity contribution in [3.63, 3.8) is 0 Å². The quantitative estimate of drug-likeness (QED) is 0.400. The second-order valence-corrected chi connectivity index (χ2v) is 11.0. The summed E-state index contributed by atoms with van der Waals surface area (Å²) in [5.74, 6) is -0.664. The predicted molar refractivity (Wildman–Crippen MR) is 114 cm³/mol. The number of benzene rings is 1. The molecule has 152 valence electrons. The molecule has 0 aliphatic heterocycles. The summed E-state index contributed by atoms with van der Waals surface area (Å²) < 4.78 is 27.9. The Hall–Kier alpha value is -1.47. The predicted octanol–water partition coefficient (Wildman–Crippen LogP) is 6.64. The first-order chi connectivity index (χ1) is 13.5. The number of rotatable bonds is 5. The molecule has 2 aliphatic carbocycles. The minimum Gasteiger partial charge on any atom is -0.205 e. The van der Waals surface area contributed by atoms with Gasteiger partial charge in [-0.1, -0.05) is 44.0 Å². The van der Waals surface area contributed by atoms with Crippen molar-refractivity contribution in [2.75, 3.05) is 0 Å². The number of nitrogens with zero attached hydrogens (tertiary/aromatic N) is 1. The molecule has 0 N–H and O–H groups in total. The molecule has 0 atom stereocenters. The minimum atomic E-state index is -0.727. The summed E-state index contributed by atoms with van der Waals surface area (Å²) in [5.41, 5.74) is 1.71. The highest BCUT2D eigenvalue weighted by molar-refractivity contribution is 6.35. The lowest BCUT2D eigenvalue weighted by Crippen LogP contribution is -2.25. The summed E-state index contributed by atoms with van der Waals surface area (Å²) in [6, 6.07) is 4.34. The van der Waals surface area contributed by atoms with Crippen molar-refractivity contribution in [2.45, 2.75) is 82.7 Å². The van der Waals surface area contributed by atoms with Gasteiger partial charge in [0.05, 0.1) is 0 Å². The van der Waals surface area contributed by atoms with Gasteiger partial charge in [0.25, 0.3) is 0 Å². The van der Waals surface area contributed by atoms with Crippen molar-refractivity contribution >= 4 is 9.52 Å². The molecule has 0 unspecified atom stereocenters. The zero-order valence-electron chi connectivity index (χ0n) is 17.3. The highest BCUT2D eigenvalue weighted by Gasteiger charge is 2.31. The van der Waals surface area contributed by atoms with Gasteiger partial charge in [0.1, 0.15) is 23.3 Å². The molecule has 2 aliphatic rings. The Kier molecular flexibility index (Phi) is 7.09. The molecule has 0 radical (unpaired) electrons. The zero-order chi connectivity index (χ0) is 20.1. The van der Waals surface area contributed by atoms with E-state index in [2.05, 4.69) is 25.6 Å². The second kappa shape index (κ2) is 9.35. The Morgan fingerprint density at radius 3 is 2.21 bits per heavy atom. The number of halogens is 2. The van der Waals surface area contributed by atoms with Gasteiger partial charge in [-0.25, -0.2) is 8.78 Å². The smallest absolute Gasteiger partial charge is 0.144 e. The lowest BCUT2D eigenvalue weighted by Gasteiger charge is -2.38. The van der Waals surface area contributed by atoms with Crippen molar-refractivity contribution < 1.29 is 8.78 Å². The first-order valence-electron chi connectivity index (χ1n) is 11.1. The van der Waals surface area contributed by atoms with E-state index < -0.39 is 17.2 Å². The average molecular weight is 402 g/mol. The Bertz CT molecular complexity index is 712. The SMILES string of the molecule is CC[C@]1(C=CC2CCC(c3cc(F)c(C#N)c(F)c3)CC2)CC[C@H]([SiH2]C)CC1. The summed E-state index contributed by atoms with van der Waals surface area (Å²) in [6.07, 6.45) is 15.9. The Morgan fingerprint density at radius 2 is 1.71 bits per heavy atom. The van der Waals surface area contributed by atoms with E-state index in [4.69, 9.17) is 5.26 Å². The fourth-order valence-electron chi connectivity index (χ4n) is 5.22. The molecule has 3 rings (SSSR count). The van der Waals surface area contributed by atoms with Crippen LogP contribution in [0, 0.1) is 34.3 Å². The lowest BCUT2D eigenvalue weighted by atomic mass is 9.70. The van der Waals surface area contributed by atoms with E-state index >= 15 is 0 Å². The molecule has 4 heteroatoms.